The Morgan fingerprint density at radius 1 is 1.46 bits per heavy atom. The molecule has 1 saturated carbocycles. The van der Waals surface area contributed by atoms with Crippen LogP contribution in [0.3, 0.4) is 0 Å². The minimum absolute atomic E-state index is 0.0690. The number of hydrogen-bond donors (Lipinski definition) is 1. The fourth-order valence-electron chi connectivity index (χ4n) is 3.00. The van der Waals surface area contributed by atoms with Crippen LogP contribution < -0.4 is 5.32 Å². The van der Waals surface area contributed by atoms with Gasteiger partial charge < -0.3 is 10.1 Å². The van der Waals surface area contributed by atoms with Crippen molar-refractivity contribution in [2.75, 3.05) is 11.9 Å². The third kappa shape index (κ3) is 5.28. The molecule has 1 aliphatic rings. The highest BCUT2D eigenvalue weighted by Crippen LogP contribution is 2.34. The number of hydrogen-bond acceptors (Lipinski definition) is 6. The first-order valence-corrected chi connectivity index (χ1v) is 10.2. The summed E-state index contributed by atoms with van der Waals surface area (Å²) in [6, 6.07) is 5.71. The zero-order chi connectivity index (χ0) is 18.5. The summed E-state index contributed by atoms with van der Waals surface area (Å²) in [5.74, 6) is 0.518. The Kier molecular flexibility index (Phi) is 6.66. The standard InChI is InChI=1S/C17H22BrN5O2S/c1-11-4-3-5-13(8-11)25-10-16(24)19-14-9-12(18)6-7-15(14)26-17-20-21-22-23(17)2/h6-7,9,11,13H,3-5,8,10H2,1-2H3,(H,19,24). The van der Waals surface area contributed by atoms with E-state index < -0.39 is 0 Å². The van der Waals surface area contributed by atoms with Crippen molar-refractivity contribution in [3.05, 3.63) is 22.7 Å². The lowest BCUT2D eigenvalue weighted by Crippen LogP contribution is -2.27. The first-order chi connectivity index (χ1) is 12.5. The SMILES string of the molecule is CC1CCCC(OCC(=O)Nc2cc(Br)ccc2Sc2nnnn2C)C1. The summed E-state index contributed by atoms with van der Waals surface area (Å²) >= 11 is 4.84. The first kappa shape index (κ1) is 19.3. The van der Waals surface area contributed by atoms with Crippen LogP contribution in [0.4, 0.5) is 5.69 Å². The number of carbonyl (C=O) groups excluding carboxylic acids is 1. The number of aromatic nitrogens is 4. The van der Waals surface area contributed by atoms with Crippen molar-refractivity contribution in [2.45, 2.75) is 48.8 Å². The second kappa shape index (κ2) is 8.96. The third-order valence-electron chi connectivity index (χ3n) is 4.34. The van der Waals surface area contributed by atoms with E-state index in [0.717, 1.165) is 22.2 Å². The van der Waals surface area contributed by atoms with E-state index in [4.69, 9.17) is 4.74 Å². The van der Waals surface area contributed by atoms with E-state index in [9.17, 15) is 4.79 Å². The molecule has 1 aliphatic carbocycles. The van der Waals surface area contributed by atoms with Gasteiger partial charge in [-0.25, -0.2) is 4.68 Å². The summed E-state index contributed by atoms with van der Waals surface area (Å²) in [5, 5.41) is 15.0. The van der Waals surface area contributed by atoms with Crippen molar-refractivity contribution in [3.63, 3.8) is 0 Å². The van der Waals surface area contributed by atoms with E-state index in [2.05, 4.69) is 43.7 Å². The van der Waals surface area contributed by atoms with Gasteiger partial charge in [-0.05, 0) is 59.1 Å². The normalized spacial score (nSPS) is 20.1. The van der Waals surface area contributed by atoms with Crippen molar-refractivity contribution in [2.24, 2.45) is 13.0 Å². The van der Waals surface area contributed by atoms with Crippen LogP contribution in [0.25, 0.3) is 0 Å². The second-order valence-electron chi connectivity index (χ2n) is 6.58. The number of ether oxygens (including phenoxy) is 1. The van der Waals surface area contributed by atoms with E-state index in [0.29, 0.717) is 16.8 Å². The lowest BCUT2D eigenvalue weighted by atomic mass is 9.89. The fraction of sp³-hybridized carbons (Fsp3) is 0.529. The molecule has 0 bridgehead atoms. The molecule has 2 unspecified atom stereocenters. The number of nitrogens with zero attached hydrogens (tertiary/aromatic N) is 4. The minimum Gasteiger partial charge on any atom is -0.368 e. The summed E-state index contributed by atoms with van der Waals surface area (Å²) in [6.45, 7) is 2.31. The van der Waals surface area contributed by atoms with Crippen molar-refractivity contribution in [1.82, 2.24) is 20.2 Å². The highest BCUT2D eigenvalue weighted by Gasteiger charge is 2.20. The van der Waals surface area contributed by atoms with E-state index in [-0.39, 0.29) is 18.6 Å². The Labute approximate surface area is 165 Å². The number of aryl methyl sites for hydroxylation is 1. The molecule has 2 aromatic rings. The highest BCUT2D eigenvalue weighted by atomic mass is 79.9. The van der Waals surface area contributed by atoms with Gasteiger partial charge in [0.25, 0.3) is 0 Å². The molecule has 9 heteroatoms. The predicted octanol–water partition coefficient (Wildman–Crippen LogP) is 3.66. The molecule has 1 heterocycles. The van der Waals surface area contributed by atoms with Gasteiger partial charge in [0.2, 0.25) is 11.1 Å². The van der Waals surface area contributed by atoms with Crippen LogP contribution in [0, 0.1) is 5.92 Å². The average molecular weight is 440 g/mol. The molecule has 140 valence electrons. The monoisotopic (exact) mass is 439 g/mol. The van der Waals surface area contributed by atoms with Crippen LogP contribution in [0.1, 0.15) is 32.6 Å². The number of benzene rings is 1. The molecule has 0 radical (unpaired) electrons. The Hall–Kier alpha value is -1.45. The van der Waals surface area contributed by atoms with Crippen LogP contribution >= 0.6 is 27.7 Å². The summed E-state index contributed by atoms with van der Waals surface area (Å²) < 4.78 is 8.29. The predicted molar refractivity (Wildman–Crippen MR) is 103 cm³/mol. The fourth-order valence-corrected chi connectivity index (χ4v) is 4.16. The second-order valence-corrected chi connectivity index (χ2v) is 8.51. The van der Waals surface area contributed by atoms with Gasteiger partial charge in [0, 0.05) is 16.4 Å². The quantitative estimate of drug-likeness (QED) is 0.739. The van der Waals surface area contributed by atoms with E-state index in [1.165, 1.54) is 24.6 Å². The van der Waals surface area contributed by atoms with Gasteiger partial charge in [-0.1, -0.05) is 35.7 Å². The van der Waals surface area contributed by atoms with Gasteiger partial charge in [-0.3, -0.25) is 4.79 Å². The van der Waals surface area contributed by atoms with Crippen LogP contribution in [-0.2, 0) is 16.6 Å². The van der Waals surface area contributed by atoms with Gasteiger partial charge in [0.05, 0.1) is 11.8 Å². The number of halogens is 1. The molecule has 0 saturated heterocycles. The highest BCUT2D eigenvalue weighted by molar-refractivity contribution is 9.10. The van der Waals surface area contributed by atoms with E-state index >= 15 is 0 Å². The molecule has 0 aliphatic heterocycles. The Balaban J connectivity index is 1.61. The molecule has 26 heavy (non-hydrogen) atoms. The molecule has 2 atom stereocenters. The largest absolute Gasteiger partial charge is 0.368 e. The minimum atomic E-state index is -0.153. The number of carbonyl (C=O) groups is 1. The molecule has 1 fully saturated rings. The Bertz CT molecular complexity index is 769. The average Bonchev–Trinajstić information content (AvgIpc) is 3.00. The van der Waals surface area contributed by atoms with Crippen molar-refractivity contribution < 1.29 is 9.53 Å². The maximum Gasteiger partial charge on any atom is 0.250 e. The van der Waals surface area contributed by atoms with Crippen molar-refractivity contribution in [3.8, 4) is 0 Å². The van der Waals surface area contributed by atoms with E-state index in [1.54, 1.807) is 11.7 Å². The van der Waals surface area contributed by atoms with Crippen LogP contribution in [0.5, 0.6) is 0 Å². The molecule has 1 aromatic heterocycles. The molecular weight excluding hydrogens is 418 g/mol. The number of rotatable bonds is 6. The topological polar surface area (TPSA) is 81.9 Å². The molecule has 1 amide bonds. The van der Waals surface area contributed by atoms with Crippen LogP contribution in [-0.4, -0.2) is 38.8 Å². The van der Waals surface area contributed by atoms with Crippen molar-refractivity contribution >= 4 is 39.3 Å². The Morgan fingerprint density at radius 2 is 2.31 bits per heavy atom. The Morgan fingerprint density at radius 3 is 3.04 bits per heavy atom. The first-order valence-electron chi connectivity index (χ1n) is 8.62. The number of tetrazole rings is 1. The van der Waals surface area contributed by atoms with Gasteiger partial charge in [-0.2, -0.15) is 0 Å². The van der Waals surface area contributed by atoms with Crippen LogP contribution in [0.2, 0.25) is 0 Å². The summed E-state index contributed by atoms with van der Waals surface area (Å²) in [7, 11) is 1.78. The van der Waals surface area contributed by atoms with E-state index in [1.807, 2.05) is 18.2 Å². The van der Waals surface area contributed by atoms with Gasteiger partial charge >= 0.3 is 0 Å². The zero-order valence-electron chi connectivity index (χ0n) is 14.8. The number of nitrogens with one attached hydrogen (secondary N) is 1. The summed E-state index contributed by atoms with van der Waals surface area (Å²) in [6.07, 6.45) is 4.68. The number of amides is 1. The smallest absolute Gasteiger partial charge is 0.250 e. The molecule has 1 aromatic carbocycles. The third-order valence-corrected chi connectivity index (χ3v) is 5.93. The molecule has 0 spiro atoms. The van der Waals surface area contributed by atoms with Gasteiger partial charge in [-0.15, -0.1) is 5.10 Å². The maximum atomic E-state index is 12.4. The lowest BCUT2D eigenvalue weighted by molar-refractivity contribution is -0.123. The zero-order valence-corrected chi connectivity index (χ0v) is 17.2. The molecule has 3 rings (SSSR count). The summed E-state index contributed by atoms with van der Waals surface area (Å²) in [4.78, 5) is 13.2. The van der Waals surface area contributed by atoms with Gasteiger partial charge in [0.1, 0.15) is 6.61 Å². The van der Waals surface area contributed by atoms with Crippen molar-refractivity contribution in [1.29, 1.82) is 0 Å². The summed E-state index contributed by atoms with van der Waals surface area (Å²) in [5.41, 5.74) is 0.706. The molecular formula is C17H22BrN5O2S. The maximum absolute atomic E-state index is 12.4. The molecule has 7 nitrogen and oxygen atoms in total. The van der Waals surface area contributed by atoms with Crippen LogP contribution in [0.15, 0.2) is 32.7 Å². The lowest BCUT2D eigenvalue weighted by Gasteiger charge is -2.26. The van der Waals surface area contributed by atoms with Gasteiger partial charge in [0.15, 0.2) is 0 Å². The number of anilines is 1. The molecule has 1 N–H and O–H groups in total.